The Morgan fingerprint density at radius 2 is 1.96 bits per heavy atom. The molecule has 0 radical (unpaired) electrons. The summed E-state index contributed by atoms with van der Waals surface area (Å²) in [4.78, 5) is 8.38. The molecule has 1 fully saturated rings. The van der Waals surface area contributed by atoms with Gasteiger partial charge in [0.1, 0.15) is 17.4 Å². The van der Waals surface area contributed by atoms with E-state index >= 15 is 0 Å². The normalized spacial score (nSPS) is 15.2. The van der Waals surface area contributed by atoms with Crippen LogP contribution in [0.3, 0.4) is 0 Å². The minimum Gasteiger partial charge on any atom is -0.366 e. The van der Waals surface area contributed by atoms with Gasteiger partial charge in [-0.15, -0.1) is 0 Å². The van der Waals surface area contributed by atoms with E-state index in [-0.39, 0.29) is 0 Å². The van der Waals surface area contributed by atoms with Crippen molar-refractivity contribution in [3.63, 3.8) is 0 Å². The van der Waals surface area contributed by atoms with Crippen LogP contribution in [-0.2, 0) is 6.42 Å². The second-order valence-corrected chi connectivity index (χ2v) is 6.95. The molecule has 152 valence electrons. The van der Waals surface area contributed by atoms with E-state index in [1.807, 2.05) is 18.7 Å². The number of halogens is 2. The Kier molecular flexibility index (Phi) is 6.49. The van der Waals surface area contributed by atoms with Gasteiger partial charge < -0.3 is 19.6 Å². The molecule has 1 saturated heterocycles. The van der Waals surface area contributed by atoms with Gasteiger partial charge in [0, 0.05) is 51.4 Å². The number of aliphatic imine (C=N–C) groups is 1. The van der Waals surface area contributed by atoms with Gasteiger partial charge in [0.15, 0.2) is 5.96 Å². The molecule has 0 unspecified atom stereocenters. The number of rotatable bonds is 5. The fourth-order valence-corrected chi connectivity index (χ4v) is 3.54. The van der Waals surface area contributed by atoms with Gasteiger partial charge in [-0.1, -0.05) is 5.16 Å². The first-order valence-corrected chi connectivity index (χ1v) is 9.57. The topological polar surface area (TPSA) is 56.9 Å². The van der Waals surface area contributed by atoms with Crippen LogP contribution in [0.2, 0.25) is 0 Å². The summed E-state index contributed by atoms with van der Waals surface area (Å²) in [6.45, 7) is 7.29. The maximum Gasteiger partial charge on any atom is 0.193 e. The van der Waals surface area contributed by atoms with Crippen LogP contribution in [0, 0.1) is 25.5 Å². The number of anilines is 1. The minimum atomic E-state index is -0.422. The van der Waals surface area contributed by atoms with E-state index in [0.717, 1.165) is 42.9 Å². The number of nitrogens with zero attached hydrogens (tertiary/aromatic N) is 4. The zero-order chi connectivity index (χ0) is 20.1. The van der Waals surface area contributed by atoms with E-state index in [0.29, 0.717) is 31.9 Å². The Hall–Kier alpha value is -2.64. The highest BCUT2D eigenvalue weighted by molar-refractivity contribution is 5.80. The van der Waals surface area contributed by atoms with Crippen LogP contribution in [0.5, 0.6) is 0 Å². The number of benzene rings is 1. The smallest absolute Gasteiger partial charge is 0.193 e. The summed E-state index contributed by atoms with van der Waals surface area (Å²) in [6, 6.07) is 3.58. The molecule has 3 rings (SSSR count). The molecule has 2 heterocycles. The summed E-state index contributed by atoms with van der Waals surface area (Å²) in [5.41, 5.74) is 2.44. The zero-order valence-electron chi connectivity index (χ0n) is 16.6. The molecule has 0 spiro atoms. The third-order valence-electron chi connectivity index (χ3n) is 5.11. The first-order valence-electron chi connectivity index (χ1n) is 9.57. The highest BCUT2D eigenvalue weighted by Crippen LogP contribution is 2.22. The van der Waals surface area contributed by atoms with Gasteiger partial charge in [0.05, 0.1) is 11.4 Å². The summed E-state index contributed by atoms with van der Waals surface area (Å²) in [5, 5.41) is 7.37. The monoisotopic (exact) mass is 391 g/mol. The summed E-state index contributed by atoms with van der Waals surface area (Å²) in [7, 11) is 1.76. The lowest BCUT2D eigenvalue weighted by Crippen LogP contribution is -2.52. The molecule has 6 nitrogen and oxygen atoms in total. The number of guanidine groups is 1. The van der Waals surface area contributed by atoms with Crippen LogP contribution in [-0.4, -0.2) is 55.8 Å². The van der Waals surface area contributed by atoms with E-state index in [1.54, 1.807) is 7.05 Å². The van der Waals surface area contributed by atoms with Crippen LogP contribution in [0.1, 0.15) is 23.4 Å². The van der Waals surface area contributed by atoms with Crippen molar-refractivity contribution in [2.75, 3.05) is 44.7 Å². The lowest BCUT2D eigenvalue weighted by atomic mass is 10.1. The molecule has 0 bridgehead atoms. The maximum atomic E-state index is 14.0. The molecule has 0 amide bonds. The Bertz CT molecular complexity index is 808. The van der Waals surface area contributed by atoms with Crippen molar-refractivity contribution in [1.29, 1.82) is 0 Å². The van der Waals surface area contributed by atoms with Crippen LogP contribution >= 0.6 is 0 Å². The Morgan fingerprint density at radius 1 is 1.21 bits per heavy atom. The highest BCUT2D eigenvalue weighted by atomic mass is 19.1. The maximum absolute atomic E-state index is 14.0. The molecule has 28 heavy (non-hydrogen) atoms. The average molecular weight is 391 g/mol. The van der Waals surface area contributed by atoms with Crippen molar-refractivity contribution in [3.8, 4) is 0 Å². The molecule has 0 aliphatic carbocycles. The Morgan fingerprint density at radius 3 is 2.61 bits per heavy atom. The van der Waals surface area contributed by atoms with Crippen LogP contribution in [0.4, 0.5) is 14.5 Å². The van der Waals surface area contributed by atoms with E-state index in [1.165, 1.54) is 17.7 Å². The molecule has 1 aromatic heterocycles. The molecule has 0 saturated carbocycles. The first kappa shape index (κ1) is 20.1. The molecule has 1 N–H and O–H groups in total. The SMILES string of the molecule is CN=C(NCCCc1c(C)noc1C)N1CCN(c2cc(F)ccc2F)CC1. The molecule has 1 aliphatic heterocycles. The van der Waals surface area contributed by atoms with Crippen molar-refractivity contribution < 1.29 is 13.3 Å². The van der Waals surface area contributed by atoms with Gasteiger partial charge in [-0.05, 0) is 38.8 Å². The average Bonchev–Trinajstić information content (AvgIpc) is 3.02. The molecular weight excluding hydrogens is 364 g/mol. The lowest BCUT2D eigenvalue weighted by molar-refractivity contribution is 0.370. The summed E-state index contributed by atoms with van der Waals surface area (Å²) in [5.74, 6) is 0.895. The van der Waals surface area contributed by atoms with Gasteiger partial charge in [-0.25, -0.2) is 8.78 Å². The Labute approximate surface area is 164 Å². The predicted octanol–water partition coefficient (Wildman–Crippen LogP) is 2.90. The molecule has 2 aromatic rings. The van der Waals surface area contributed by atoms with Crippen LogP contribution < -0.4 is 10.2 Å². The predicted molar refractivity (Wildman–Crippen MR) is 106 cm³/mol. The molecular formula is C20H27F2N5O. The van der Waals surface area contributed by atoms with Crippen molar-refractivity contribution in [3.05, 3.63) is 46.9 Å². The first-order chi connectivity index (χ1) is 13.5. The fourth-order valence-electron chi connectivity index (χ4n) is 3.54. The summed E-state index contributed by atoms with van der Waals surface area (Å²) >= 11 is 0. The molecule has 1 aliphatic rings. The fraction of sp³-hybridized carbons (Fsp3) is 0.500. The van der Waals surface area contributed by atoms with Gasteiger partial charge >= 0.3 is 0 Å². The van der Waals surface area contributed by atoms with Crippen molar-refractivity contribution in [2.45, 2.75) is 26.7 Å². The van der Waals surface area contributed by atoms with Gasteiger partial charge in [-0.2, -0.15) is 0 Å². The minimum absolute atomic E-state index is 0.321. The van der Waals surface area contributed by atoms with Gasteiger partial charge in [0.2, 0.25) is 0 Å². The second kappa shape index (κ2) is 9.03. The van der Waals surface area contributed by atoms with Crippen molar-refractivity contribution in [2.24, 2.45) is 4.99 Å². The molecule has 0 atom stereocenters. The number of hydrogen-bond acceptors (Lipinski definition) is 4. The third-order valence-corrected chi connectivity index (χ3v) is 5.11. The Balaban J connectivity index is 1.48. The van der Waals surface area contributed by atoms with Gasteiger partial charge in [-0.3, -0.25) is 4.99 Å². The number of aryl methyl sites for hydroxylation is 2. The van der Waals surface area contributed by atoms with E-state index < -0.39 is 11.6 Å². The van der Waals surface area contributed by atoms with Crippen molar-refractivity contribution >= 4 is 11.6 Å². The molecule has 1 aromatic carbocycles. The second-order valence-electron chi connectivity index (χ2n) is 6.95. The summed E-state index contributed by atoms with van der Waals surface area (Å²) < 4.78 is 32.6. The third kappa shape index (κ3) is 4.61. The summed E-state index contributed by atoms with van der Waals surface area (Å²) in [6.07, 6.45) is 1.84. The number of nitrogens with one attached hydrogen (secondary N) is 1. The van der Waals surface area contributed by atoms with Crippen LogP contribution in [0.15, 0.2) is 27.7 Å². The van der Waals surface area contributed by atoms with E-state index in [2.05, 4.69) is 20.4 Å². The van der Waals surface area contributed by atoms with Gasteiger partial charge in [0.25, 0.3) is 0 Å². The zero-order valence-corrected chi connectivity index (χ0v) is 16.6. The van der Waals surface area contributed by atoms with E-state index in [4.69, 9.17) is 4.52 Å². The number of hydrogen-bond donors (Lipinski definition) is 1. The largest absolute Gasteiger partial charge is 0.366 e. The van der Waals surface area contributed by atoms with E-state index in [9.17, 15) is 8.78 Å². The van der Waals surface area contributed by atoms with Crippen molar-refractivity contribution in [1.82, 2.24) is 15.4 Å². The van der Waals surface area contributed by atoms with Crippen LogP contribution in [0.25, 0.3) is 0 Å². The quantitative estimate of drug-likeness (QED) is 0.483. The lowest BCUT2D eigenvalue weighted by Gasteiger charge is -2.37. The standard InChI is InChI=1S/C20H27F2N5O/c1-14-17(15(2)28-25-14)5-4-8-24-20(23-3)27-11-9-26(10-12-27)19-13-16(21)6-7-18(19)22/h6-7,13H,4-5,8-12H2,1-3H3,(H,23,24). The number of aromatic nitrogens is 1. The molecule has 8 heteroatoms. The highest BCUT2D eigenvalue weighted by Gasteiger charge is 2.22. The number of piperazine rings is 1.